The summed E-state index contributed by atoms with van der Waals surface area (Å²) in [4.78, 5) is 7.84. The predicted octanol–water partition coefficient (Wildman–Crippen LogP) is 1.54. The molecule has 2 aromatic rings. The van der Waals surface area contributed by atoms with Crippen LogP contribution in [-0.4, -0.2) is 9.97 Å². The highest BCUT2D eigenvalue weighted by molar-refractivity contribution is 5.49. The number of aromatic nitrogens is 2. The molecule has 2 rings (SSSR count). The molecule has 0 aliphatic carbocycles. The van der Waals surface area contributed by atoms with Gasteiger partial charge in [0.05, 0.1) is 11.8 Å². The van der Waals surface area contributed by atoms with Crippen molar-refractivity contribution < 1.29 is 4.42 Å². The van der Waals surface area contributed by atoms with Crippen molar-refractivity contribution in [3.63, 3.8) is 0 Å². The molecule has 0 aliphatic rings. The molecule has 0 amide bonds. The standard InChI is InChI=1S/C8H5N2O/c1-2-7(6-9-3-1)8-10-4-5-11-8/h2-6H. The molecule has 0 unspecified atom stereocenters. The van der Waals surface area contributed by atoms with Crippen molar-refractivity contribution in [2.75, 3.05) is 0 Å². The summed E-state index contributed by atoms with van der Waals surface area (Å²) >= 11 is 0. The van der Waals surface area contributed by atoms with Gasteiger partial charge in [-0.3, -0.25) is 4.98 Å². The highest BCUT2D eigenvalue weighted by atomic mass is 16.3. The Bertz CT molecular complexity index is 315. The Hall–Kier alpha value is -1.64. The number of oxazole rings is 1. The lowest BCUT2D eigenvalue weighted by Crippen LogP contribution is -1.77. The molecule has 3 nitrogen and oxygen atoms in total. The highest BCUT2D eigenvalue weighted by Crippen LogP contribution is 2.13. The maximum Gasteiger partial charge on any atom is 0.227 e. The second-order valence-corrected chi connectivity index (χ2v) is 2.01. The molecule has 0 spiro atoms. The van der Waals surface area contributed by atoms with Crippen molar-refractivity contribution in [1.82, 2.24) is 9.97 Å². The van der Waals surface area contributed by atoms with Gasteiger partial charge in [-0.1, -0.05) is 0 Å². The maximum atomic E-state index is 5.05. The van der Waals surface area contributed by atoms with E-state index in [4.69, 9.17) is 4.42 Å². The first-order valence-corrected chi connectivity index (χ1v) is 3.18. The molecule has 0 saturated heterocycles. The lowest BCUT2D eigenvalue weighted by atomic mass is 10.3. The zero-order valence-corrected chi connectivity index (χ0v) is 5.69. The van der Waals surface area contributed by atoms with Gasteiger partial charge in [0.2, 0.25) is 5.89 Å². The Morgan fingerprint density at radius 2 is 2.45 bits per heavy atom. The van der Waals surface area contributed by atoms with Crippen LogP contribution in [0.15, 0.2) is 35.3 Å². The van der Waals surface area contributed by atoms with Gasteiger partial charge in [-0.2, -0.15) is 0 Å². The minimum Gasteiger partial charge on any atom is -0.444 e. The number of pyridine rings is 1. The average molecular weight is 145 g/mol. The molecule has 1 radical (unpaired) electrons. The first-order valence-electron chi connectivity index (χ1n) is 3.18. The second kappa shape index (κ2) is 2.54. The van der Waals surface area contributed by atoms with Crippen LogP contribution in [0.3, 0.4) is 0 Å². The van der Waals surface area contributed by atoms with Gasteiger partial charge in [0, 0.05) is 18.5 Å². The van der Waals surface area contributed by atoms with Crippen LogP contribution in [0.2, 0.25) is 0 Å². The Morgan fingerprint density at radius 1 is 1.45 bits per heavy atom. The van der Waals surface area contributed by atoms with E-state index >= 15 is 0 Å². The van der Waals surface area contributed by atoms with Crippen LogP contribution in [0.25, 0.3) is 11.5 Å². The van der Waals surface area contributed by atoms with Gasteiger partial charge < -0.3 is 4.42 Å². The van der Waals surface area contributed by atoms with E-state index in [0.717, 1.165) is 5.56 Å². The molecule has 53 valence electrons. The van der Waals surface area contributed by atoms with Crippen molar-refractivity contribution in [2.45, 2.75) is 0 Å². The largest absolute Gasteiger partial charge is 0.444 e. The monoisotopic (exact) mass is 145 g/mol. The van der Waals surface area contributed by atoms with Gasteiger partial charge in [-0.15, -0.1) is 0 Å². The average Bonchev–Trinajstić information content (AvgIpc) is 2.58. The Kier molecular flexibility index (Phi) is 1.41. The number of hydrogen-bond donors (Lipinski definition) is 0. The lowest BCUT2D eigenvalue weighted by molar-refractivity contribution is 0.574. The minimum atomic E-state index is 0.578. The Balaban J connectivity index is 2.46. The van der Waals surface area contributed by atoms with Gasteiger partial charge in [0.15, 0.2) is 0 Å². The van der Waals surface area contributed by atoms with E-state index in [0.29, 0.717) is 5.89 Å². The van der Waals surface area contributed by atoms with Gasteiger partial charge >= 0.3 is 0 Å². The van der Waals surface area contributed by atoms with E-state index in [1.54, 1.807) is 24.7 Å². The second-order valence-electron chi connectivity index (χ2n) is 2.01. The molecular weight excluding hydrogens is 140 g/mol. The molecule has 2 heterocycles. The maximum absolute atomic E-state index is 5.05. The van der Waals surface area contributed by atoms with E-state index < -0.39 is 0 Å². The third-order valence-electron chi connectivity index (χ3n) is 1.28. The minimum absolute atomic E-state index is 0.578. The summed E-state index contributed by atoms with van der Waals surface area (Å²) in [5.74, 6) is 0.578. The van der Waals surface area contributed by atoms with Crippen molar-refractivity contribution >= 4 is 0 Å². The summed E-state index contributed by atoms with van der Waals surface area (Å²) in [6.07, 6.45) is 6.40. The van der Waals surface area contributed by atoms with Crippen molar-refractivity contribution in [2.24, 2.45) is 0 Å². The van der Waals surface area contributed by atoms with Crippen LogP contribution in [0.5, 0.6) is 0 Å². The zero-order chi connectivity index (χ0) is 7.52. The molecule has 0 bridgehead atoms. The zero-order valence-electron chi connectivity index (χ0n) is 5.69. The Morgan fingerprint density at radius 3 is 3.09 bits per heavy atom. The van der Waals surface area contributed by atoms with Gasteiger partial charge in [0.25, 0.3) is 0 Å². The van der Waals surface area contributed by atoms with Gasteiger partial charge in [0.1, 0.15) is 6.26 Å². The van der Waals surface area contributed by atoms with Crippen LogP contribution in [0.4, 0.5) is 0 Å². The Labute approximate surface area is 63.7 Å². The molecule has 0 aromatic carbocycles. The fourth-order valence-corrected chi connectivity index (χ4v) is 0.808. The number of rotatable bonds is 1. The third-order valence-corrected chi connectivity index (χ3v) is 1.28. The molecule has 2 aromatic heterocycles. The fraction of sp³-hybridized carbons (Fsp3) is 0. The molecule has 3 heteroatoms. The molecule has 11 heavy (non-hydrogen) atoms. The van der Waals surface area contributed by atoms with Crippen molar-refractivity contribution in [3.05, 3.63) is 37.0 Å². The predicted molar refractivity (Wildman–Crippen MR) is 38.6 cm³/mol. The van der Waals surface area contributed by atoms with Crippen molar-refractivity contribution in [3.8, 4) is 11.5 Å². The van der Waals surface area contributed by atoms with E-state index in [1.165, 1.54) is 6.26 Å². The molecule has 0 saturated carbocycles. The van der Waals surface area contributed by atoms with Crippen LogP contribution in [0, 0.1) is 6.07 Å². The summed E-state index contributed by atoms with van der Waals surface area (Å²) < 4.78 is 5.05. The number of nitrogens with zero attached hydrogens (tertiary/aromatic N) is 2. The van der Waals surface area contributed by atoms with Crippen molar-refractivity contribution in [1.29, 1.82) is 0 Å². The van der Waals surface area contributed by atoms with Gasteiger partial charge in [-0.05, 0) is 6.07 Å². The van der Waals surface area contributed by atoms with Crippen LogP contribution < -0.4 is 0 Å². The van der Waals surface area contributed by atoms with E-state index in [-0.39, 0.29) is 0 Å². The summed E-state index contributed by atoms with van der Waals surface area (Å²) in [6, 6.07) is 4.61. The third kappa shape index (κ3) is 1.12. The first kappa shape index (κ1) is 6.09. The molecule has 0 atom stereocenters. The van der Waals surface area contributed by atoms with Crippen LogP contribution in [0.1, 0.15) is 0 Å². The van der Waals surface area contributed by atoms with E-state index in [1.807, 2.05) is 0 Å². The fourth-order valence-electron chi connectivity index (χ4n) is 0.808. The summed E-state index contributed by atoms with van der Waals surface area (Å²) in [5.41, 5.74) is 0.845. The molecule has 0 fully saturated rings. The topological polar surface area (TPSA) is 38.9 Å². The molecular formula is C8H5N2O. The van der Waals surface area contributed by atoms with Crippen LogP contribution in [-0.2, 0) is 0 Å². The SMILES string of the molecule is [c]1cncc(-c2ncco2)c1. The summed E-state index contributed by atoms with van der Waals surface area (Å²) in [5, 5.41) is 0. The van der Waals surface area contributed by atoms with Crippen LogP contribution >= 0.6 is 0 Å². The summed E-state index contributed by atoms with van der Waals surface area (Å²) in [6.45, 7) is 0. The molecule has 0 N–H and O–H groups in total. The lowest BCUT2D eigenvalue weighted by Gasteiger charge is -1.89. The summed E-state index contributed by atoms with van der Waals surface area (Å²) in [7, 11) is 0. The number of hydrogen-bond acceptors (Lipinski definition) is 3. The molecule has 0 aliphatic heterocycles. The van der Waals surface area contributed by atoms with E-state index in [9.17, 15) is 0 Å². The quantitative estimate of drug-likeness (QED) is 0.610. The highest BCUT2D eigenvalue weighted by Gasteiger charge is 1.99. The van der Waals surface area contributed by atoms with Gasteiger partial charge in [-0.25, -0.2) is 4.98 Å². The first-order chi connectivity index (χ1) is 5.47. The van der Waals surface area contributed by atoms with E-state index in [2.05, 4.69) is 16.0 Å². The normalized spacial score (nSPS) is 9.82. The smallest absolute Gasteiger partial charge is 0.227 e.